The zero-order valence-corrected chi connectivity index (χ0v) is 7.69. The smallest absolute Gasteiger partial charge is 0.356 e. The van der Waals surface area contributed by atoms with Crippen LogP contribution in [0.15, 0.2) is 6.07 Å². The normalized spacial score (nSPS) is 18.3. The molecule has 1 aliphatic rings. The number of H-pyrrole nitrogens is 1. The summed E-state index contributed by atoms with van der Waals surface area (Å²) in [5, 5.41) is 15.2. The Labute approximate surface area is 81.1 Å². The van der Waals surface area contributed by atoms with Crippen LogP contribution in [0, 0.1) is 0 Å². The van der Waals surface area contributed by atoms with Gasteiger partial charge in [-0.15, -0.1) is 0 Å². The van der Waals surface area contributed by atoms with Gasteiger partial charge in [0, 0.05) is 24.8 Å². The first-order valence-corrected chi connectivity index (χ1v) is 4.63. The van der Waals surface area contributed by atoms with Gasteiger partial charge in [0.1, 0.15) is 0 Å². The van der Waals surface area contributed by atoms with Crippen LogP contribution < -0.4 is 0 Å². The number of nitrogens with one attached hydrogen (secondary N) is 1. The fraction of sp³-hybridized carbons (Fsp3) is 0.556. The van der Waals surface area contributed by atoms with Crippen LogP contribution >= 0.6 is 0 Å². The average Bonchev–Trinajstić information content (AvgIpc) is 2.68. The lowest BCUT2D eigenvalue weighted by Crippen LogP contribution is -2.14. The van der Waals surface area contributed by atoms with Gasteiger partial charge in [0.15, 0.2) is 5.69 Å². The number of carboxylic acid groups (broad SMARTS) is 1. The highest BCUT2D eigenvalue weighted by Crippen LogP contribution is 2.25. The minimum absolute atomic E-state index is 0.0893. The van der Waals surface area contributed by atoms with Crippen molar-refractivity contribution in [2.75, 3.05) is 13.2 Å². The van der Waals surface area contributed by atoms with E-state index in [2.05, 4.69) is 10.2 Å². The van der Waals surface area contributed by atoms with E-state index in [1.807, 2.05) is 0 Å². The highest BCUT2D eigenvalue weighted by atomic mass is 16.5. The van der Waals surface area contributed by atoms with E-state index in [9.17, 15) is 4.79 Å². The van der Waals surface area contributed by atoms with Gasteiger partial charge in [0.25, 0.3) is 0 Å². The molecule has 2 rings (SSSR count). The Balaban J connectivity index is 2.11. The summed E-state index contributed by atoms with van der Waals surface area (Å²) >= 11 is 0. The number of aromatic nitrogens is 2. The molecule has 0 aromatic carbocycles. The molecule has 0 atom stereocenters. The molecule has 0 saturated carbocycles. The molecular formula is C9H12N2O3. The number of hydrogen-bond donors (Lipinski definition) is 2. The number of aromatic carboxylic acids is 1. The lowest BCUT2D eigenvalue weighted by atomic mass is 9.96. The summed E-state index contributed by atoms with van der Waals surface area (Å²) in [6, 6.07) is 1.61. The van der Waals surface area contributed by atoms with Gasteiger partial charge in [-0.1, -0.05) is 0 Å². The topological polar surface area (TPSA) is 75.2 Å². The standard InChI is InChI=1S/C9H12N2O3/c12-9(13)8-5-7(10-11-8)6-1-3-14-4-2-6/h5-6H,1-4H2,(H,10,11)(H,12,13). The maximum absolute atomic E-state index is 10.6. The van der Waals surface area contributed by atoms with Gasteiger partial charge >= 0.3 is 5.97 Å². The van der Waals surface area contributed by atoms with Crippen LogP contribution in [-0.4, -0.2) is 34.5 Å². The highest BCUT2D eigenvalue weighted by Gasteiger charge is 2.19. The molecule has 0 amide bonds. The van der Waals surface area contributed by atoms with Gasteiger partial charge in [-0.25, -0.2) is 4.79 Å². The molecule has 0 radical (unpaired) electrons. The lowest BCUT2D eigenvalue weighted by molar-refractivity contribution is 0.0690. The number of carboxylic acids is 1. The Morgan fingerprint density at radius 3 is 2.86 bits per heavy atom. The molecule has 2 N–H and O–H groups in total. The Morgan fingerprint density at radius 1 is 1.57 bits per heavy atom. The minimum atomic E-state index is -0.987. The summed E-state index contributed by atoms with van der Waals surface area (Å²) < 4.78 is 5.22. The Kier molecular flexibility index (Phi) is 2.49. The SMILES string of the molecule is O=C(O)c1cc(C2CCOCC2)[nH]n1. The van der Waals surface area contributed by atoms with E-state index >= 15 is 0 Å². The Bertz CT molecular complexity index is 329. The summed E-state index contributed by atoms with van der Waals surface area (Å²) in [5.41, 5.74) is 0.997. The quantitative estimate of drug-likeness (QED) is 0.740. The van der Waals surface area contributed by atoms with E-state index in [1.165, 1.54) is 0 Å². The second-order valence-corrected chi connectivity index (χ2v) is 3.40. The van der Waals surface area contributed by atoms with Gasteiger partial charge in [-0.05, 0) is 18.9 Å². The lowest BCUT2D eigenvalue weighted by Gasteiger charge is -2.20. The summed E-state index contributed by atoms with van der Waals surface area (Å²) in [6.45, 7) is 1.48. The van der Waals surface area contributed by atoms with Gasteiger partial charge in [0.2, 0.25) is 0 Å². The zero-order valence-electron chi connectivity index (χ0n) is 7.69. The van der Waals surface area contributed by atoms with E-state index in [-0.39, 0.29) is 5.69 Å². The molecule has 1 aromatic heterocycles. The van der Waals surface area contributed by atoms with Gasteiger partial charge < -0.3 is 9.84 Å². The zero-order chi connectivity index (χ0) is 9.97. The molecule has 14 heavy (non-hydrogen) atoms. The summed E-state index contributed by atoms with van der Waals surface area (Å²) in [6.07, 6.45) is 1.86. The van der Waals surface area contributed by atoms with Gasteiger partial charge in [-0.3, -0.25) is 5.10 Å². The Morgan fingerprint density at radius 2 is 2.29 bits per heavy atom. The fourth-order valence-corrected chi connectivity index (χ4v) is 1.66. The third kappa shape index (κ3) is 1.77. The van der Waals surface area contributed by atoms with Crippen LogP contribution in [0.5, 0.6) is 0 Å². The number of ether oxygens (including phenoxy) is 1. The predicted molar refractivity (Wildman–Crippen MR) is 48.3 cm³/mol. The first-order chi connectivity index (χ1) is 6.77. The third-order valence-corrected chi connectivity index (χ3v) is 2.48. The van der Waals surface area contributed by atoms with Crippen molar-refractivity contribution in [3.63, 3.8) is 0 Å². The first kappa shape index (κ1) is 9.21. The van der Waals surface area contributed by atoms with Crippen LogP contribution in [-0.2, 0) is 4.74 Å². The van der Waals surface area contributed by atoms with Crippen molar-refractivity contribution >= 4 is 5.97 Å². The summed E-state index contributed by atoms with van der Waals surface area (Å²) in [4.78, 5) is 10.6. The number of hydrogen-bond acceptors (Lipinski definition) is 3. The first-order valence-electron chi connectivity index (χ1n) is 4.63. The Hall–Kier alpha value is -1.36. The molecule has 0 unspecified atom stereocenters. The van der Waals surface area contributed by atoms with Crippen molar-refractivity contribution in [3.05, 3.63) is 17.5 Å². The molecule has 76 valence electrons. The number of aromatic amines is 1. The van der Waals surface area contributed by atoms with Crippen molar-refractivity contribution in [2.45, 2.75) is 18.8 Å². The van der Waals surface area contributed by atoms with Crippen molar-refractivity contribution in [2.24, 2.45) is 0 Å². The maximum Gasteiger partial charge on any atom is 0.356 e. The molecule has 1 aromatic rings. The van der Waals surface area contributed by atoms with E-state index < -0.39 is 5.97 Å². The predicted octanol–water partition coefficient (Wildman–Crippen LogP) is 1.00. The molecule has 1 aliphatic heterocycles. The van der Waals surface area contributed by atoms with Gasteiger partial charge in [0.05, 0.1) is 0 Å². The van der Waals surface area contributed by atoms with Crippen LogP contribution in [0.1, 0.15) is 34.9 Å². The van der Waals surface area contributed by atoms with Gasteiger partial charge in [-0.2, -0.15) is 5.10 Å². The largest absolute Gasteiger partial charge is 0.476 e. The van der Waals surface area contributed by atoms with Crippen molar-refractivity contribution < 1.29 is 14.6 Å². The van der Waals surface area contributed by atoms with Crippen LogP contribution in [0.4, 0.5) is 0 Å². The molecule has 0 spiro atoms. The van der Waals surface area contributed by atoms with E-state index in [1.54, 1.807) is 6.07 Å². The van der Waals surface area contributed by atoms with E-state index in [0.29, 0.717) is 5.92 Å². The number of rotatable bonds is 2. The average molecular weight is 196 g/mol. The molecule has 1 fully saturated rings. The monoisotopic (exact) mass is 196 g/mol. The molecule has 5 heteroatoms. The van der Waals surface area contributed by atoms with E-state index in [0.717, 1.165) is 31.7 Å². The fourth-order valence-electron chi connectivity index (χ4n) is 1.66. The maximum atomic E-state index is 10.6. The number of nitrogens with zero attached hydrogens (tertiary/aromatic N) is 1. The van der Waals surface area contributed by atoms with E-state index in [4.69, 9.17) is 9.84 Å². The molecule has 2 heterocycles. The second kappa shape index (κ2) is 3.79. The van der Waals surface area contributed by atoms with Crippen molar-refractivity contribution in [3.8, 4) is 0 Å². The van der Waals surface area contributed by atoms with Crippen LogP contribution in [0.2, 0.25) is 0 Å². The summed E-state index contributed by atoms with van der Waals surface area (Å²) in [7, 11) is 0. The highest BCUT2D eigenvalue weighted by molar-refractivity contribution is 5.85. The molecule has 0 aliphatic carbocycles. The second-order valence-electron chi connectivity index (χ2n) is 3.40. The molecule has 5 nitrogen and oxygen atoms in total. The third-order valence-electron chi connectivity index (χ3n) is 2.48. The summed E-state index contributed by atoms with van der Waals surface area (Å²) in [5.74, 6) is -0.621. The van der Waals surface area contributed by atoms with Crippen LogP contribution in [0.3, 0.4) is 0 Å². The number of carbonyl (C=O) groups is 1. The van der Waals surface area contributed by atoms with Crippen LogP contribution in [0.25, 0.3) is 0 Å². The molecule has 1 saturated heterocycles. The minimum Gasteiger partial charge on any atom is -0.476 e. The van der Waals surface area contributed by atoms with Crippen molar-refractivity contribution in [1.29, 1.82) is 0 Å². The molecule has 0 bridgehead atoms. The molecular weight excluding hydrogens is 184 g/mol. The van der Waals surface area contributed by atoms with Crippen molar-refractivity contribution in [1.82, 2.24) is 10.2 Å².